The van der Waals surface area contributed by atoms with E-state index in [-0.39, 0.29) is 0 Å². The molecule has 0 saturated carbocycles. The molecule has 19 heavy (non-hydrogen) atoms. The fourth-order valence-corrected chi connectivity index (χ4v) is 1.93. The summed E-state index contributed by atoms with van der Waals surface area (Å²) in [7, 11) is 0. The largest absolute Gasteiger partial charge is 0.493 e. The minimum absolute atomic E-state index is 0.554. The van der Waals surface area contributed by atoms with E-state index in [1.807, 2.05) is 0 Å². The second-order valence-electron chi connectivity index (χ2n) is 5.84. The van der Waals surface area contributed by atoms with Crippen LogP contribution in [0.2, 0.25) is 0 Å². The lowest BCUT2D eigenvalue weighted by atomic mass is 10.0. The monoisotopic (exact) mass is 263 g/mol. The lowest BCUT2D eigenvalue weighted by Gasteiger charge is -2.13. The minimum atomic E-state index is 0.554. The quantitative estimate of drug-likeness (QED) is 0.707. The summed E-state index contributed by atoms with van der Waals surface area (Å²) in [5.74, 6) is 1.60. The molecule has 0 aliphatic heterocycles. The molecule has 2 heteroatoms. The van der Waals surface area contributed by atoms with Crippen LogP contribution in [0.4, 0.5) is 0 Å². The molecule has 1 N–H and O–H groups in total. The van der Waals surface area contributed by atoms with E-state index < -0.39 is 0 Å². The van der Waals surface area contributed by atoms with Gasteiger partial charge < -0.3 is 10.1 Å². The van der Waals surface area contributed by atoms with Gasteiger partial charge in [-0.25, -0.2) is 0 Å². The molecule has 1 rings (SSSR count). The van der Waals surface area contributed by atoms with Gasteiger partial charge in [0.1, 0.15) is 5.75 Å². The zero-order valence-corrected chi connectivity index (χ0v) is 13.1. The normalized spacial score (nSPS) is 11.3. The molecule has 0 saturated heterocycles. The second kappa shape index (κ2) is 8.21. The summed E-state index contributed by atoms with van der Waals surface area (Å²) in [6, 6.07) is 7.11. The van der Waals surface area contributed by atoms with Crippen molar-refractivity contribution in [3.05, 3.63) is 29.3 Å². The third kappa shape index (κ3) is 6.11. The highest BCUT2D eigenvalue weighted by molar-refractivity contribution is 5.37. The first-order valence-electron chi connectivity index (χ1n) is 7.47. The van der Waals surface area contributed by atoms with Crippen molar-refractivity contribution in [1.29, 1.82) is 0 Å². The van der Waals surface area contributed by atoms with Gasteiger partial charge in [0, 0.05) is 6.04 Å². The van der Waals surface area contributed by atoms with E-state index in [0.29, 0.717) is 12.0 Å². The van der Waals surface area contributed by atoms with Crippen LogP contribution in [0.15, 0.2) is 18.2 Å². The Morgan fingerprint density at radius 3 is 2.47 bits per heavy atom. The first-order valence-corrected chi connectivity index (χ1v) is 7.47. The van der Waals surface area contributed by atoms with Crippen LogP contribution in [-0.2, 0) is 0 Å². The van der Waals surface area contributed by atoms with E-state index in [0.717, 1.165) is 25.3 Å². The molecular weight excluding hydrogens is 234 g/mol. The van der Waals surface area contributed by atoms with Gasteiger partial charge >= 0.3 is 0 Å². The van der Waals surface area contributed by atoms with Crippen LogP contribution in [0.3, 0.4) is 0 Å². The molecule has 0 heterocycles. The third-order valence-corrected chi connectivity index (χ3v) is 3.26. The van der Waals surface area contributed by atoms with Crippen molar-refractivity contribution in [3.8, 4) is 5.75 Å². The number of rotatable bonds is 8. The lowest BCUT2D eigenvalue weighted by Crippen LogP contribution is -2.23. The van der Waals surface area contributed by atoms with Crippen LogP contribution in [0.5, 0.6) is 5.75 Å². The Kier molecular flexibility index (Phi) is 6.93. The SMILES string of the molecule is Cc1ccc(C(C)C)cc1OCCCCNC(C)C. The van der Waals surface area contributed by atoms with Crippen LogP contribution in [0.25, 0.3) is 0 Å². The Morgan fingerprint density at radius 1 is 1.11 bits per heavy atom. The minimum Gasteiger partial charge on any atom is -0.493 e. The molecule has 1 aromatic rings. The number of aryl methyl sites for hydroxylation is 1. The molecule has 0 aliphatic carbocycles. The van der Waals surface area contributed by atoms with Crippen molar-refractivity contribution in [3.63, 3.8) is 0 Å². The number of nitrogens with one attached hydrogen (secondary N) is 1. The Balaban J connectivity index is 2.34. The van der Waals surface area contributed by atoms with Gasteiger partial charge in [-0.2, -0.15) is 0 Å². The van der Waals surface area contributed by atoms with E-state index in [1.54, 1.807) is 0 Å². The Bertz CT molecular complexity index is 372. The molecule has 0 bridgehead atoms. The van der Waals surface area contributed by atoms with Gasteiger partial charge in [-0.3, -0.25) is 0 Å². The summed E-state index contributed by atoms with van der Waals surface area (Å²) < 4.78 is 5.91. The highest BCUT2D eigenvalue weighted by Crippen LogP contribution is 2.24. The third-order valence-electron chi connectivity index (χ3n) is 3.26. The standard InChI is InChI=1S/C17H29NO/c1-13(2)16-9-8-15(5)17(12-16)19-11-7-6-10-18-14(3)4/h8-9,12-14,18H,6-7,10-11H2,1-5H3. The highest BCUT2D eigenvalue weighted by atomic mass is 16.5. The van der Waals surface area contributed by atoms with E-state index in [4.69, 9.17) is 4.74 Å². The summed E-state index contributed by atoms with van der Waals surface area (Å²) in [4.78, 5) is 0. The maximum atomic E-state index is 5.91. The van der Waals surface area contributed by atoms with Crippen molar-refractivity contribution < 1.29 is 4.74 Å². The van der Waals surface area contributed by atoms with Gasteiger partial charge in [0.15, 0.2) is 0 Å². The molecule has 0 unspecified atom stereocenters. The first-order chi connectivity index (χ1) is 9.00. The maximum Gasteiger partial charge on any atom is 0.122 e. The van der Waals surface area contributed by atoms with Crippen molar-refractivity contribution >= 4 is 0 Å². The second-order valence-corrected chi connectivity index (χ2v) is 5.84. The predicted octanol–water partition coefficient (Wildman–Crippen LogP) is 4.28. The molecule has 108 valence electrons. The smallest absolute Gasteiger partial charge is 0.122 e. The maximum absolute atomic E-state index is 5.91. The summed E-state index contributed by atoms with van der Waals surface area (Å²) in [6.45, 7) is 12.8. The van der Waals surface area contributed by atoms with Crippen LogP contribution < -0.4 is 10.1 Å². The molecule has 0 fully saturated rings. The Morgan fingerprint density at radius 2 is 1.84 bits per heavy atom. The predicted molar refractivity (Wildman–Crippen MR) is 83.1 cm³/mol. The van der Waals surface area contributed by atoms with Crippen LogP contribution in [0, 0.1) is 6.92 Å². The van der Waals surface area contributed by atoms with Crippen molar-refractivity contribution in [2.75, 3.05) is 13.2 Å². The summed E-state index contributed by atoms with van der Waals surface area (Å²) >= 11 is 0. The summed E-state index contributed by atoms with van der Waals surface area (Å²) in [5, 5.41) is 3.42. The van der Waals surface area contributed by atoms with Crippen molar-refractivity contribution in [2.45, 2.75) is 59.4 Å². The molecule has 0 amide bonds. The molecule has 1 aromatic carbocycles. The average Bonchev–Trinajstić information content (AvgIpc) is 2.34. The van der Waals surface area contributed by atoms with Crippen LogP contribution in [-0.4, -0.2) is 19.2 Å². The zero-order chi connectivity index (χ0) is 14.3. The fourth-order valence-electron chi connectivity index (χ4n) is 1.93. The van der Waals surface area contributed by atoms with Crippen LogP contribution in [0.1, 0.15) is 57.6 Å². The number of ether oxygens (including phenoxy) is 1. The Hall–Kier alpha value is -1.02. The lowest BCUT2D eigenvalue weighted by molar-refractivity contribution is 0.302. The summed E-state index contributed by atoms with van der Waals surface area (Å²) in [5.41, 5.74) is 2.58. The number of hydrogen-bond acceptors (Lipinski definition) is 2. The average molecular weight is 263 g/mol. The number of benzene rings is 1. The molecule has 0 radical (unpaired) electrons. The van der Waals surface area contributed by atoms with Gasteiger partial charge in [-0.1, -0.05) is 39.8 Å². The molecule has 0 aromatic heterocycles. The van der Waals surface area contributed by atoms with Gasteiger partial charge in [0.05, 0.1) is 6.61 Å². The highest BCUT2D eigenvalue weighted by Gasteiger charge is 2.04. The van der Waals surface area contributed by atoms with E-state index in [9.17, 15) is 0 Å². The number of unbranched alkanes of at least 4 members (excludes halogenated alkanes) is 1. The van der Waals surface area contributed by atoms with Crippen LogP contribution >= 0.6 is 0 Å². The summed E-state index contributed by atoms with van der Waals surface area (Å²) in [6.07, 6.45) is 2.27. The fraction of sp³-hybridized carbons (Fsp3) is 0.647. The molecule has 0 spiro atoms. The van der Waals surface area contributed by atoms with E-state index in [1.165, 1.54) is 17.5 Å². The number of hydrogen-bond donors (Lipinski definition) is 1. The zero-order valence-electron chi connectivity index (χ0n) is 13.1. The molecule has 0 atom stereocenters. The molecular formula is C17H29NO. The van der Waals surface area contributed by atoms with Gasteiger partial charge in [0.25, 0.3) is 0 Å². The Labute approximate surface area is 118 Å². The molecule has 0 aliphatic rings. The van der Waals surface area contributed by atoms with E-state index in [2.05, 4.69) is 58.1 Å². The van der Waals surface area contributed by atoms with E-state index >= 15 is 0 Å². The van der Waals surface area contributed by atoms with Crippen molar-refractivity contribution in [2.24, 2.45) is 0 Å². The van der Waals surface area contributed by atoms with Gasteiger partial charge in [-0.15, -0.1) is 0 Å². The van der Waals surface area contributed by atoms with Crippen molar-refractivity contribution in [1.82, 2.24) is 5.32 Å². The topological polar surface area (TPSA) is 21.3 Å². The van der Waals surface area contributed by atoms with Gasteiger partial charge in [0.2, 0.25) is 0 Å². The first kappa shape index (κ1) is 16.0. The van der Waals surface area contributed by atoms with Gasteiger partial charge in [-0.05, 0) is 49.4 Å². The molecule has 2 nitrogen and oxygen atoms in total.